The summed E-state index contributed by atoms with van der Waals surface area (Å²) in [7, 11) is 3.32. The van der Waals surface area contributed by atoms with Crippen LogP contribution in [0.1, 0.15) is 16.7 Å². The fourth-order valence-electron chi connectivity index (χ4n) is 5.05. The summed E-state index contributed by atoms with van der Waals surface area (Å²) in [6, 6.07) is 38.1. The van der Waals surface area contributed by atoms with E-state index in [1.165, 1.54) is 0 Å². The minimum absolute atomic E-state index is 0.788. The number of aliphatic hydroxyl groups is 1. The van der Waals surface area contributed by atoms with Crippen molar-refractivity contribution in [3.8, 4) is 56.7 Å². The second-order valence-corrected chi connectivity index (χ2v) is 9.30. The molecule has 0 saturated carbocycles. The van der Waals surface area contributed by atoms with Crippen molar-refractivity contribution in [1.82, 2.24) is 0 Å². The van der Waals surface area contributed by atoms with E-state index in [1.54, 1.807) is 14.2 Å². The van der Waals surface area contributed by atoms with Gasteiger partial charge in [0, 0.05) is 16.7 Å². The highest BCUT2D eigenvalue weighted by molar-refractivity contribution is 5.87. The summed E-state index contributed by atoms with van der Waals surface area (Å²) in [6.07, 6.45) is 0. The summed E-state index contributed by atoms with van der Waals surface area (Å²) in [5, 5.41) is 12.4. The molecule has 0 fully saturated rings. The number of ether oxygens (including phenoxy) is 2. The molecule has 5 aromatic rings. The van der Waals surface area contributed by atoms with E-state index in [0.29, 0.717) is 0 Å². The molecule has 0 radical (unpaired) electrons. The molecule has 0 unspecified atom stereocenters. The average Bonchev–Trinajstić information content (AvgIpc) is 3.24. The largest absolute Gasteiger partial charge is 0.497 e. The number of rotatable bonds is 4. The molecule has 0 heterocycles. The van der Waals surface area contributed by atoms with Gasteiger partial charge in [-0.25, -0.2) is 0 Å². The summed E-state index contributed by atoms with van der Waals surface area (Å²) < 4.78 is 10.6. The lowest BCUT2D eigenvalue weighted by atomic mass is 9.88. The number of fused-ring (bicyclic) bond motifs is 3. The van der Waals surface area contributed by atoms with Crippen LogP contribution in [0.2, 0.25) is 0 Å². The van der Waals surface area contributed by atoms with Gasteiger partial charge in [-0.3, -0.25) is 0 Å². The van der Waals surface area contributed by atoms with Crippen molar-refractivity contribution in [2.45, 2.75) is 5.60 Å². The molecule has 6 rings (SSSR count). The maximum absolute atomic E-state index is 12.4. The second kappa shape index (κ2) is 9.59. The molecule has 0 bridgehead atoms. The van der Waals surface area contributed by atoms with Crippen LogP contribution in [0.25, 0.3) is 33.4 Å². The van der Waals surface area contributed by atoms with Crippen LogP contribution in [0.15, 0.2) is 115 Å². The van der Waals surface area contributed by atoms with Crippen LogP contribution >= 0.6 is 0 Å². The first-order chi connectivity index (χ1) is 18.6. The predicted molar refractivity (Wildman–Crippen MR) is 152 cm³/mol. The maximum atomic E-state index is 12.4. The number of benzene rings is 5. The second-order valence-electron chi connectivity index (χ2n) is 9.30. The molecule has 184 valence electrons. The predicted octanol–water partition coefficient (Wildman–Crippen LogP) is 7.31. The van der Waals surface area contributed by atoms with Crippen LogP contribution in [0, 0.1) is 11.8 Å². The molecule has 1 aliphatic rings. The Bertz CT molecular complexity index is 1580. The SMILES string of the molecule is COc1ccc(-c2ccc3c(c2)C(O)(C#Cc2ccccc2)c2cc(-c4ccc(OC)cc4)ccc2-3)cc1. The van der Waals surface area contributed by atoms with E-state index in [2.05, 4.69) is 48.2 Å². The zero-order valence-electron chi connectivity index (χ0n) is 21.2. The van der Waals surface area contributed by atoms with E-state index < -0.39 is 5.60 Å². The van der Waals surface area contributed by atoms with E-state index >= 15 is 0 Å². The fourth-order valence-corrected chi connectivity index (χ4v) is 5.05. The lowest BCUT2D eigenvalue weighted by Crippen LogP contribution is -2.22. The van der Waals surface area contributed by atoms with Gasteiger partial charge in [0.2, 0.25) is 0 Å². The third kappa shape index (κ3) is 4.12. The normalized spacial score (nSPS) is 12.6. The molecule has 0 saturated heterocycles. The summed E-state index contributed by atoms with van der Waals surface area (Å²) in [4.78, 5) is 0. The van der Waals surface area contributed by atoms with Crippen molar-refractivity contribution in [3.05, 3.63) is 132 Å². The molecule has 0 amide bonds. The quantitative estimate of drug-likeness (QED) is 0.266. The Labute approximate surface area is 222 Å². The maximum Gasteiger partial charge on any atom is 0.178 e. The van der Waals surface area contributed by atoms with E-state index in [0.717, 1.165) is 61.6 Å². The third-order valence-corrected chi connectivity index (χ3v) is 7.12. The summed E-state index contributed by atoms with van der Waals surface area (Å²) in [5.41, 5.74) is 7.05. The van der Waals surface area contributed by atoms with E-state index in [1.807, 2.05) is 78.9 Å². The molecule has 3 heteroatoms. The molecule has 0 aliphatic heterocycles. The van der Waals surface area contributed by atoms with E-state index in [9.17, 15) is 5.11 Å². The zero-order valence-corrected chi connectivity index (χ0v) is 21.2. The zero-order chi connectivity index (χ0) is 26.1. The average molecular weight is 495 g/mol. The van der Waals surface area contributed by atoms with Gasteiger partial charge >= 0.3 is 0 Å². The van der Waals surface area contributed by atoms with Crippen molar-refractivity contribution >= 4 is 0 Å². The fraction of sp³-hybridized carbons (Fsp3) is 0.0857. The smallest absolute Gasteiger partial charge is 0.178 e. The standard InChI is InChI=1S/C35H26O3/c1-37-29-14-8-25(9-15-29)27-12-18-31-32-19-13-28(26-10-16-30(38-2)17-11-26)23-34(32)35(36,33(31)22-27)21-20-24-6-4-3-5-7-24/h3-19,22-23,36H,1-2H3. The highest BCUT2D eigenvalue weighted by atomic mass is 16.5. The van der Waals surface area contributed by atoms with Crippen molar-refractivity contribution < 1.29 is 14.6 Å². The van der Waals surface area contributed by atoms with Crippen LogP contribution in [-0.2, 0) is 5.60 Å². The van der Waals surface area contributed by atoms with Gasteiger partial charge in [0.05, 0.1) is 14.2 Å². The van der Waals surface area contributed by atoms with Crippen LogP contribution in [0.5, 0.6) is 11.5 Å². The first kappa shape index (κ1) is 23.6. The van der Waals surface area contributed by atoms with Gasteiger partial charge in [-0.1, -0.05) is 78.6 Å². The summed E-state index contributed by atoms with van der Waals surface area (Å²) in [5.74, 6) is 8.08. The summed E-state index contributed by atoms with van der Waals surface area (Å²) in [6.45, 7) is 0. The van der Waals surface area contributed by atoms with Gasteiger partial charge in [-0.15, -0.1) is 0 Å². The van der Waals surface area contributed by atoms with Gasteiger partial charge in [0.15, 0.2) is 5.60 Å². The highest BCUT2D eigenvalue weighted by Crippen LogP contribution is 2.49. The van der Waals surface area contributed by atoms with Gasteiger partial charge in [-0.2, -0.15) is 0 Å². The van der Waals surface area contributed by atoms with Crippen molar-refractivity contribution in [3.63, 3.8) is 0 Å². The number of hydrogen-bond acceptors (Lipinski definition) is 3. The molecule has 38 heavy (non-hydrogen) atoms. The lowest BCUT2D eigenvalue weighted by Gasteiger charge is -2.20. The van der Waals surface area contributed by atoms with Crippen LogP contribution < -0.4 is 9.47 Å². The van der Waals surface area contributed by atoms with Gasteiger partial charge in [-0.05, 0) is 81.9 Å². The Balaban J connectivity index is 1.51. The van der Waals surface area contributed by atoms with E-state index in [4.69, 9.17) is 9.47 Å². The molecule has 0 aromatic heterocycles. The highest BCUT2D eigenvalue weighted by Gasteiger charge is 2.41. The monoisotopic (exact) mass is 494 g/mol. The Morgan fingerprint density at radius 3 is 1.45 bits per heavy atom. The summed E-state index contributed by atoms with van der Waals surface area (Å²) >= 11 is 0. The Kier molecular flexibility index (Phi) is 5.96. The van der Waals surface area contributed by atoms with E-state index in [-0.39, 0.29) is 0 Å². The topological polar surface area (TPSA) is 38.7 Å². The molecular formula is C35H26O3. The Morgan fingerprint density at radius 2 is 1.00 bits per heavy atom. The molecule has 1 aliphatic carbocycles. The van der Waals surface area contributed by atoms with Crippen LogP contribution in [0.3, 0.4) is 0 Å². The van der Waals surface area contributed by atoms with Crippen molar-refractivity contribution in [2.75, 3.05) is 14.2 Å². The van der Waals surface area contributed by atoms with Crippen molar-refractivity contribution in [2.24, 2.45) is 0 Å². The van der Waals surface area contributed by atoms with Crippen molar-refractivity contribution in [1.29, 1.82) is 0 Å². The molecule has 0 spiro atoms. The van der Waals surface area contributed by atoms with Gasteiger partial charge in [0.1, 0.15) is 11.5 Å². The molecule has 1 N–H and O–H groups in total. The first-order valence-corrected chi connectivity index (χ1v) is 12.5. The van der Waals surface area contributed by atoms with Gasteiger partial charge in [0.25, 0.3) is 0 Å². The molecule has 0 atom stereocenters. The van der Waals surface area contributed by atoms with Crippen LogP contribution in [-0.4, -0.2) is 19.3 Å². The number of methoxy groups -OCH3 is 2. The third-order valence-electron chi connectivity index (χ3n) is 7.12. The first-order valence-electron chi connectivity index (χ1n) is 12.5. The van der Waals surface area contributed by atoms with Crippen LogP contribution in [0.4, 0.5) is 0 Å². The Morgan fingerprint density at radius 1 is 0.553 bits per heavy atom. The lowest BCUT2D eigenvalue weighted by molar-refractivity contribution is 0.150. The molecule has 5 aromatic carbocycles. The Hall–Kier alpha value is -4.78. The molecule has 3 nitrogen and oxygen atoms in total. The van der Waals surface area contributed by atoms with Gasteiger partial charge < -0.3 is 14.6 Å². The minimum Gasteiger partial charge on any atom is -0.497 e. The minimum atomic E-state index is -1.47. The number of hydrogen-bond donors (Lipinski definition) is 1. The molecular weight excluding hydrogens is 468 g/mol.